The lowest BCUT2D eigenvalue weighted by Crippen LogP contribution is -2.51. The Labute approximate surface area is 207 Å². The summed E-state index contributed by atoms with van der Waals surface area (Å²) in [7, 11) is -2.29. The van der Waals surface area contributed by atoms with E-state index in [4.69, 9.17) is 39.5 Å². The molecule has 2 aromatic carbocycles. The average molecular weight is 539 g/mol. The van der Waals surface area contributed by atoms with Crippen LogP contribution in [0.4, 0.5) is 10.1 Å². The summed E-state index contributed by atoms with van der Waals surface area (Å²) in [6.07, 6.45) is 0.418. The molecule has 180 valence electrons. The second kappa shape index (κ2) is 10.7. The molecule has 1 amide bonds. The zero-order valence-electron chi connectivity index (χ0n) is 17.7. The van der Waals surface area contributed by atoms with Crippen molar-refractivity contribution < 1.29 is 22.3 Å². The van der Waals surface area contributed by atoms with Crippen LogP contribution in [-0.2, 0) is 21.2 Å². The van der Waals surface area contributed by atoms with Crippen molar-refractivity contribution >= 4 is 56.4 Å². The molecule has 0 saturated carbocycles. The van der Waals surface area contributed by atoms with E-state index in [1.807, 2.05) is 4.90 Å². The van der Waals surface area contributed by atoms with Crippen LogP contribution in [0, 0.1) is 5.82 Å². The number of carbonyl (C=O) groups is 1. The largest absolute Gasteiger partial charge is 0.495 e. The second-order valence-corrected chi connectivity index (χ2v) is 11.4. The molecule has 1 heterocycles. The maximum absolute atomic E-state index is 13.0. The molecular formula is C21H23Cl3FN3O4S. The number of rotatable bonds is 7. The predicted molar refractivity (Wildman–Crippen MR) is 127 cm³/mol. The highest BCUT2D eigenvalue weighted by Crippen LogP contribution is 2.33. The summed E-state index contributed by atoms with van der Waals surface area (Å²) >= 11 is 17.1. The molecule has 0 radical (unpaired) electrons. The van der Waals surface area contributed by atoms with Gasteiger partial charge in [-0.2, -0.15) is 0 Å². The minimum Gasteiger partial charge on any atom is -0.495 e. The third-order valence-corrected chi connectivity index (χ3v) is 7.17. The van der Waals surface area contributed by atoms with Crippen LogP contribution in [0.25, 0.3) is 0 Å². The number of ether oxygens (including phenoxy) is 1. The summed E-state index contributed by atoms with van der Waals surface area (Å²) in [5, 5.41) is 0. The highest BCUT2D eigenvalue weighted by atomic mass is 35.6. The van der Waals surface area contributed by atoms with Crippen molar-refractivity contribution in [2.24, 2.45) is 0 Å². The predicted octanol–water partition coefficient (Wildman–Crippen LogP) is 3.37. The van der Waals surface area contributed by atoms with Gasteiger partial charge in [0.15, 0.2) is 0 Å². The Morgan fingerprint density at radius 1 is 1.09 bits per heavy atom. The lowest BCUT2D eigenvalue weighted by molar-refractivity contribution is -0.130. The number of alkyl halides is 3. The first kappa shape index (κ1) is 25.8. The molecule has 1 saturated heterocycles. The third-order valence-electron chi connectivity index (χ3n) is 5.23. The SMILES string of the molecule is COc1ccc(S(=O)(=O)NCCc2ccc(F)cc2)cc1N1CCN(C(=O)C(Cl)(Cl)Cl)CC1. The van der Waals surface area contributed by atoms with E-state index in [0.29, 0.717) is 44.0 Å². The summed E-state index contributed by atoms with van der Waals surface area (Å²) in [5.41, 5.74) is 1.40. The fourth-order valence-electron chi connectivity index (χ4n) is 3.48. The maximum atomic E-state index is 13.0. The number of anilines is 1. The zero-order chi connectivity index (χ0) is 24.2. The quantitative estimate of drug-likeness (QED) is 0.547. The van der Waals surface area contributed by atoms with E-state index in [-0.39, 0.29) is 17.3 Å². The Bertz CT molecular complexity index is 1090. The van der Waals surface area contributed by atoms with Crippen LogP contribution in [-0.4, -0.2) is 62.9 Å². The van der Waals surface area contributed by atoms with Gasteiger partial charge in [0.2, 0.25) is 10.0 Å². The number of benzene rings is 2. The van der Waals surface area contributed by atoms with Gasteiger partial charge in [-0.05, 0) is 42.3 Å². The molecule has 1 aliphatic heterocycles. The summed E-state index contributed by atoms with van der Waals surface area (Å²) < 4.78 is 44.7. The topological polar surface area (TPSA) is 79.0 Å². The molecule has 3 rings (SSSR count). The molecule has 0 spiro atoms. The van der Waals surface area contributed by atoms with E-state index in [9.17, 15) is 17.6 Å². The Hall–Kier alpha value is -1.78. The van der Waals surface area contributed by atoms with Crippen molar-refractivity contribution in [3.05, 3.63) is 53.8 Å². The van der Waals surface area contributed by atoms with Gasteiger partial charge in [-0.25, -0.2) is 17.5 Å². The normalized spacial score (nSPS) is 14.9. The van der Waals surface area contributed by atoms with Crippen LogP contribution < -0.4 is 14.4 Å². The first-order valence-corrected chi connectivity index (χ1v) is 12.7. The molecule has 33 heavy (non-hydrogen) atoms. The van der Waals surface area contributed by atoms with Crippen molar-refractivity contribution in [3.8, 4) is 5.75 Å². The number of sulfonamides is 1. The minimum absolute atomic E-state index is 0.0807. The van der Waals surface area contributed by atoms with E-state index in [1.165, 1.54) is 36.3 Å². The molecule has 0 atom stereocenters. The number of amides is 1. The Kier molecular flexibility index (Phi) is 8.34. The molecule has 1 aliphatic rings. The number of piperazine rings is 1. The van der Waals surface area contributed by atoms with Gasteiger partial charge in [0.05, 0.1) is 17.7 Å². The van der Waals surface area contributed by atoms with Gasteiger partial charge in [0.25, 0.3) is 9.70 Å². The van der Waals surface area contributed by atoms with Crippen LogP contribution >= 0.6 is 34.8 Å². The van der Waals surface area contributed by atoms with E-state index in [0.717, 1.165) is 5.56 Å². The summed E-state index contributed by atoms with van der Waals surface area (Å²) in [6.45, 7) is 1.59. The summed E-state index contributed by atoms with van der Waals surface area (Å²) in [4.78, 5) is 15.6. The summed E-state index contributed by atoms with van der Waals surface area (Å²) in [5.74, 6) is -0.440. The number of hydrogen-bond acceptors (Lipinski definition) is 5. The fourth-order valence-corrected chi connectivity index (χ4v) is 4.89. The highest BCUT2D eigenvalue weighted by Gasteiger charge is 2.36. The Morgan fingerprint density at radius 3 is 2.30 bits per heavy atom. The van der Waals surface area contributed by atoms with Crippen molar-refractivity contribution in [2.45, 2.75) is 15.1 Å². The van der Waals surface area contributed by atoms with E-state index in [1.54, 1.807) is 18.2 Å². The van der Waals surface area contributed by atoms with Crippen LogP contribution in [0.15, 0.2) is 47.4 Å². The van der Waals surface area contributed by atoms with Crippen LogP contribution in [0.3, 0.4) is 0 Å². The summed E-state index contributed by atoms with van der Waals surface area (Å²) in [6, 6.07) is 10.5. The van der Waals surface area contributed by atoms with E-state index < -0.39 is 19.7 Å². The van der Waals surface area contributed by atoms with Gasteiger partial charge in [-0.15, -0.1) is 0 Å². The molecule has 2 aromatic rings. The molecule has 0 bridgehead atoms. The molecule has 0 aromatic heterocycles. The van der Waals surface area contributed by atoms with Gasteiger partial charge in [0.1, 0.15) is 11.6 Å². The van der Waals surface area contributed by atoms with Gasteiger partial charge < -0.3 is 14.5 Å². The number of methoxy groups -OCH3 is 1. The lowest BCUT2D eigenvalue weighted by atomic mass is 10.1. The number of nitrogens with zero attached hydrogens (tertiary/aromatic N) is 2. The number of carbonyl (C=O) groups excluding carboxylic acids is 1. The van der Waals surface area contributed by atoms with Gasteiger partial charge in [-0.3, -0.25) is 4.79 Å². The highest BCUT2D eigenvalue weighted by molar-refractivity contribution is 7.89. The molecule has 0 unspecified atom stereocenters. The molecule has 12 heteroatoms. The van der Waals surface area contributed by atoms with E-state index in [2.05, 4.69) is 4.72 Å². The molecule has 7 nitrogen and oxygen atoms in total. The van der Waals surface area contributed by atoms with Crippen LogP contribution in [0.2, 0.25) is 0 Å². The standard InChI is InChI=1S/C21H23Cl3FN3O4S/c1-32-19-7-6-17(33(30,31)26-9-8-15-2-4-16(25)5-3-15)14-18(19)27-10-12-28(13-11-27)20(29)21(22,23)24/h2-7,14,26H,8-13H2,1H3. The third kappa shape index (κ3) is 6.64. The molecule has 1 N–H and O–H groups in total. The van der Waals surface area contributed by atoms with Crippen molar-refractivity contribution in [3.63, 3.8) is 0 Å². The molecule has 0 aliphatic carbocycles. The maximum Gasteiger partial charge on any atom is 0.274 e. The number of nitrogens with one attached hydrogen (secondary N) is 1. The molecule has 1 fully saturated rings. The van der Waals surface area contributed by atoms with E-state index >= 15 is 0 Å². The first-order chi connectivity index (χ1) is 15.5. The van der Waals surface area contributed by atoms with Gasteiger partial charge in [0, 0.05) is 32.7 Å². The fraction of sp³-hybridized carbons (Fsp3) is 0.381. The smallest absolute Gasteiger partial charge is 0.274 e. The van der Waals surface area contributed by atoms with Crippen LogP contribution in [0.1, 0.15) is 5.56 Å². The minimum atomic E-state index is -3.79. The second-order valence-electron chi connectivity index (χ2n) is 7.38. The lowest BCUT2D eigenvalue weighted by Gasteiger charge is -2.37. The van der Waals surface area contributed by atoms with Crippen molar-refractivity contribution in [1.29, 1.82) is 0 Å². The van der Waals surface area contributed by atoms with Gasteiger partial charge >= 0.3 is 0 Å². The van der Waals surface area contributed by atoms with Crippen molar-refractivity contribution in [1.82, 2.24) is 9.62 Å². The van der Waals surface area contributed by atoms with Crippen molar-refractivity contribution in [2.75, 3.05) is 44.7 Å². The van der Waals surface area contributed by atoms with Gasteiger partial charge in [-0.1, -0.05) is 46.9 Å². The molecular weight excluding hydrogens is 516 g/mol. The average Bonchev–Trinajstić information content (AvgIpc) is 2.79. The zero-order valence-corrected chi connectivity index (χ0v) is 20.8. The number of halogens is 4. The first-order valence-electron chi connectivity index (χ1n) is 10.0. The van der Waals surface area contributed by atoms with Crippen LogP contribution in [0.5, 0.6) is 5.75 Å². The Balaban J connectivity index is 1.70. The monoisotopic (exact) mass is 537 g/mol. The number of hydrogen-bond donors (Lipinski definition) is 1. The Morgan fingerprint density at radius 2 is 1.73 bits per heavy atom.